The highest BCUT2D eigenvalue weighted by molar-refractivity contribution is 5.93. The minimum atomic E-state index is -0.739. The lowest BCUT2D eigenvalue weighted by Crippen LogP contribution is -2.56. The normalized spacial score (nSPS) is 17.8. The summed E-state index contributed by atoms with van der Waals surface area (Å²) < 4.78 is 11.3. The predicted octanol–water partition coefficient (Wildman–Crippen LogP) is 2.13. The van der Waals surface area contributed by atoms with Crippen molar-refractivity contribution in [3.63, 3.8) is 0 Å². The first-order valence-corrected chi connectivity index (χ1v) is 15.8. The van der Waals surface area contributed by atoms with Crippen LogP contribution >= 0.6 is 0 Å². The number of aryl methyl sites for hydroxylation is 1. The van der Waals surface area contributed by atoms with E-state index >= 15 is 0 Å². The Morgan fingerprint density at radius 1 is 1.11 bits per heavy atom. The van der Waals surface area contributed by atoms with Gasteiger partial charge in [0.15, 0.2) is 12.2 Å². The Balaban J connectivity index is 1.02. The molecule has 5 heterocycles. The van der Waals surface area contributed by atoms with E-state index in [1.807, 2.05) is 13.0 Å². The molecule has 2 fully saturated rings. The molecule has 2 saturated heterocycles. The fourth-order valence-electron chi connectivity index (χ4n) is 6.01. The van der Waals surface area contributed by atoms with Crippen molar-refractivity contribution in [1.29, 1.82) is 0 Å². The van der Waals surface area contributed by atoms with Gasteiger partial charge in [0.1, 0.15) is 23.9 Å². The van der Waals surface area contributed by atoms with Crippen LogP contribution in [0.3, 0.4) is 0 Å². The van der Waals surface area contributed by atoms with Crippen LogP contribution in [0.15, 0.2) is 35.1 Å². The average Bonchev–Trinajstić information content (AvgIpc) is 3.44. The summed E-state index contributed by atoms with van der Waals surface area (Å²) in [6.45, 7) is 8.74. The molecule has 0 aliphatic carbocycles. The third kappa shape index (κ3) is 7.71. The third-order valence-corrected chi connectivity index (χ3v) is 8.72. The molecule has 3 aliphatic heterocycles. The number of hydrogen-bond donors (Lipinski definition) is 3. The van der Waals surface area contributed by atoms with Gasteiger partial charge in [-0.2, -0.15) is 4.98 Å². The van der Waals surface area contributed by atoms with Gasteiger partial charge < -0.3 is 34.7 Å². The van der Waals surface area contributed by atoms with Gasteiger partial charge in [0.05, 0.1) is 17.8 Å². The second kappa shape index (κ2) is 13.8. The highest BCUT2D eigenvalue weighted by Crippen LogP contribution is 2.25. The first kappa shape index (κ1) is 30.8. The number of fused-ring (bicyclic) bond motifs is 1. The molecule has 2 amide bonds. The number of carbonyl (C=O) groups excluding carboxylic acids is 2. The molecule has 0 radical (unpaired) electrons. The predicted molar refractivity (Wildman–Crippen MR) is 167 cm³/mol. The number of hydrogen-bond acceptors (Lipinski definition) is 11. The number of rotatable bonds is 11. The fraction of sp³-hybridized carbons (Fsp3) is 0.531. The molecule has 0 spiro atoms. The molecule has 240 valence electrons. The zero-order chi connectivity index (χ0) is 31.3. The van der Waals surface area contributed by atoms with Gasteiger partial charge in [-0.1, -0.05) is 6.07 Å². The number of aliphatic hydroxyl groups is 1. The second-order valence-corrected chi connectivity index (χ2v) is 12.2. The minimum Gasteiger partial charge on any atom is -0.486 e. The van der Waals surface area contributed by atoms with E-state index in [9.17, 15) is 14.7 Å². The minimum absolute atomic E-state index is 0.0473. The van der Waals surface area contributed by atoms with Crippen LogP contribution in [-0.4, -0.2) is 99.6 Å². The van der Waals surface area contributed by atoms with E-state index in [0.717, 1.165) is 56.1 Å². The number of ether oxygens (including phenoxy) is 1. The number of benzene rings is 1. The Morgan fingerprint density at radius 3 is 2.69 bits per heavy atom. The molecule has 1 atom stereocenters. The van der Waals surface area contributed by atoms with Gasteiger partial charge >= 0.3 is 0 Å². The topological polar surface area (TPSA) is 149 Å². The Hall–Kier alpha value is -4.23. The monoisotopic (exact) mass is 618 g/mol. The summed E-state index contributed by atoms with van der Waals surface area (Å²) in [6.07, 6.45) is 4.82. The summed E-state index contributed by atoms with van der Waals surface area (Å²) >= 11 is 0. The molecule has 13 nitrogen and oxygen atoms in total. The molecule has 0 saturated carbocycles. The molecular weight excluding hydrogens is 576 g/mol. The molecule has 0 bridgehead atoms. The maximum Gasteiger partial charge on any atom is 0.270 e. The molecule has 6 rings (SSSR count). The molecule has 1 aromatic carbocycles. The number of nitrogens with one attached hydrogen (secondary N) is 2. The van der Waals surface area contributed by atoms with Crippen LogP contribution in [-0.2, 0) is 24.4 Å². The SMILES string of the molecule is CC(=O)N1CC(Nc2cc(C(=O)NC[C@H](O)CN3CCc4cc(OCc5ocnc5C)ccc4C3)nc(N3CCCCC3)n2)C1. The Labute approximate surface area is 263 Å². The van der Waals surface area contributed by atoms with E-state index in [-0.39, 0.29) is 30.1 Å². The zero-order valence-corrected chi connectivity index (χ0v) is 26.0. The summed E-state index contributed by atoms with van der Waals surface area (Å²) in [4.78, 5) is 44.3. The average molecular weight is 619 g/mol. The van der Waals surface area contributed by atoms with E-state index in [2.05, 4.69) is 42.5 Å². The quantitative estimate of drug-likeness (QED) is 0.290. The van der Waals surface area contributed by atoms with Crippen LogP contribution in [0.1, 0.15) is 59.3 Å². The first-order valence-electron chi connectivity index (χ1n) is 15.8. The van der Waals surface area contributed by atoms with Crippen molar-refractivity contribution in [2.45, 2.75) is 64.8 Å². The van der Waals surface area contributed by atoms with Gasteiger partial charge in [0, 0.05) is 65.3 Å². The number of oxazole rings is 1. The van der Waals surface area contributed by atoms with Crippen molar-refractivity contribution < 1.29 is 23.8 Å². The zero-order valence-electron chi connectivity index (χ0n) is 26.0. The number of piperidine rings is 1. The highest BCUT2D eigenvalue weighted by Gasteiger charge is 2.29. The molecule has 0 unspecified atom stereocenters. The Kier molecular flexibility index (Phi) is 9.45. The van der Waals surface area contributed by atoms with E-state index in [4.69, 9.17) is 14.1 Å². The molecule has 3 aliphatic rings. The summed E-state index contributed by atoms with van der Waals surface area (Å²) in [5.41, 5.74) is 3.51. The number of amides is 2. The van der Waals surface area contributed by atoms with E-state index in [1.165, 1.54) is 23.9 Å². The fourth-order valence-corrected chi connectivity index (χ4v) is 6.01. The summed E-state index contributed by atoms with van der Waals surface area (Å²) in [6, 6.07) is 7.83. The van der Waals surface area contributed by atoms with Crippen LogP contribution in [0.2, 0.25) is 0 Å². The number of likely N-dealkylation sites (tertiary alicyclic amines) is 1. The maximum atomic E-state index is 13.2. The van der Waals surface area contributed by atoms with Crippen molar-refractivity contribution in [3.05, 3.63) is 58.9 Å². The number of aliphatic hydroxyl groups excluding tert-OH is 1. The summed E-state index contributed by atoms with van der Waals surface area (Å²) in [5, 5.41) is 17.1. The molecule has 3 aromatic rings. The largest absolute Gasteiger partial charge is 0.486 e. The molecule has 13 heteroatoms. The van der Waals surface area contributed by atoms with Crippen LogP contribution in [0, 0.1) is 6.92 Å². The van der Waals surface area contributed by atoms with Gasteiger partial charge in [0.25, 0.3) is 5.91 Å². The molecule has 45 heavy (non-hydrogen) atoms. The van der Waals surface area contributed by atoms with Gasteiger partial charge in [-0.3, -0.25) is 14.5 Å². The van der Waals surface area contributed by atoms with Crippen LogP contribution < -0.4 is 20.3 Å². The van der Waals surface area contributed by atoms with E-state index in [1.54, 1.807) is 17.9 Å². The van der Waals surface area contributed by atoms with Crippen molar-refractivity contribution >= 4 is 23.6 Å². The van der Waals surface area contributed by atoms with Gasteiger partial charge in [-0.05, 0) is 55.9 Å². The number of β-amino-alcohol motifs (C(OH)–C–C–N with tert-alkyl or cyclic N) is 1. The van der Waals surface area contributed by atoms with Crippen LogP contribution in [0.4, 0.5) is 11.8 Å². The lowest BCUT2D eigenvalue weighted by atomic mass is 9.99. The van der Waals surface area contributed by atoms with Gasteiger partial charge in [0.2, 0.25) is 11.9 Å². The summed E-state index contributed by atoms with van der Waals surface area (Å²) in [5.74, 6) is 2.30. The smallest absolute Gasteiger partial charge is 0.270 e. The van der Waals surface area contributed by atoms with Gasteiger partial charge in [-0.25, -0.2) is 9.97 Å². The third-order valence-electron chi connectivity index (χ3n) is 8.72. The lowest BCUT2D eigenvalue weighted by Gasteiger charge is -2.39. The lowest BCUT2D eigenvalue weighted by molar-refractivity contribution is -0.132. The molecule has 2 aromatic heterocycles. The number of carbonyl (C=O) groups is 2. The van der Waals surface area contributed by atoms with Crippen molar-refractivity contribution in [3.8, 4) is 5.75 Å². The highest BCUT2D eigenvalue weighted by atomic mass is 16.5. The second-order valence-electron chi connectivity index (χ2n) is 12.2. The first-order chi connectivity index (χ1) is 21.8. The number of aromatic nitrogens is 3. The Morgan fingerprint density at radius 2 is 1.93 bits per heavy atom. The molecular formula is C32H42N8O5. The molecule has 3 N–H and O–H groups in total. The van der Waals surface area contributed by atoms with Gasteiger partial charge in [-0.15, -0.1) is 0 Å². The van der Waals surface area contributed by atoms with E-state index in [0.29, 0.717) is 44.6 Å². The van der Waals surface area contributed by atoms with E-state index < -0.39 is 6.10 Å². The van der Waals surface area contributed by atoms with Crippen molar-refractivity contribution in [2.75, 3.05) is 56.0 Å². The van der Waals surface area contributed by atoms with Crippen LogP contribution in [0.5, 0.6) is 5.75 Å². The van der Waals surface area contributed by atoms with Crippen molar-refractivity contribution in [2.24, 2.45) is 0 Å². The number of nitrogens with zero attached hydrogens (tertiary/aromatic N) is 6. The number of anilines is 2. The maximum absolute atomic E-state index is 13.2. The van der Waals surface area contributed by atoms with Crippen molar-refractivity contribution in [1.82, 2.24) is 30.1 Å². The van der Waals surface area contributed by atoms with Crippen LogP contribution in [0.25, 0.3) is 0 Å². The standard InChI is InChI=1S/C32H42N8O5/c1-21-29(45-20-34-21)19-44-27-7-6-24-15-38(11-8-23(24)12-27)18-26(42)14-33-31(43)28-13-30(35-25-16-40(17-25)22(2)41)37-32(36-28)39-9-4-3-5-10-39/h6-7,12-13,20,25-26,42H,3-5,8-11,14-19H2,1-2H3,(H,33,43)(H,35,36,37)/t26-/m0/s1. The Bertz CT molecular complexity index is 1500. The summed E-state index contributed by atoms with van der Waals surface area (Å²) in [7, 11) is 0.